The first-order valence-corrected chi connectivity index (χ1v) is 6.30. The fourth-order valence-corrected chi connectivity index (χ4v) is 1.80. The maximum Gasteiger partial charge on any atom is 0.225 e. The maximum atomic E-state index is 11.6. The predicted octanol–water partition coefficient (Wildman–Crippen LogP) is 1.17. The Kier molecular flexibility index (Phi) is 6.76. The molecule has 0 aromatic heterocycles. The fraction of sp³-hybridized carbons (Fsp3) is 0.909. The van der Waals surface area contributed by atoms with E-state index in [-0.39, 0.29) is 17.9 Å². The van der Waals surface area contributed by atoms with Gasteiger partial charge >= 0.3 is 0 Å². The van der Waals surface area contributed by atoms with E-state index < -0.39 is 0 Å². The Morgan fingerprint density at radius 1 is 1.56 bits per heavy atom. The second kappa shape index (κ2) is 7.87. The minimum atomic E-state index is 0.0266. The Morgan fingerprint density at radius 3 is 3.00 bits per heavy atom. The lowest BCUT2D eigenvalue weighted by molar-refractivity contribution is -0.124. The molecule has 1 heterocycles. The van der Waals surface area contributed by atoms with Crippen LogP contribution in [0.3, 0.4) is 0 Å². The van der Waals surface area contributed by atoms with Gasteiger partial charge in [0.25, 0.3) is 0 Å². The molecule has 2 atom stereocenters. The number of carbonyl (C=O) groups excluding carboxylic acids is 1. The number of hydrogen-bond donors (Lipinski definition) is 1. The molecular weight excluding hydrogens is 230 g/mol. The van der Waals surface area contributed by atoms with Crippen molar-refractivity contribution in [2.45, 2.75) is 25.9 Å². The summed E-state index contributed by atoms with van der Waals surface area (Å²) in [4.78, 5) is 11.6. The standard InChI is InChI=1S/C11H20ClNO3/c1-9-7-10(8-16-9)11(14)13-4-2-5-15-6-3-12/h9-10H,2-8H2,1H3,(H,13,14). The molecule has 1 saturated heterocycles. The molecule has 0 aromatic carbocycles. The number of halogens is 1. The molecular formula is C11H20ClNO3. The lowest BCUT2D eigenvalue weighted by Gasteiger charge is -2.09. The number of carbonyl (C=O) groups is 1. The van der Waals surface area contributed by atoms with Crippen molar-refractivity contribution in [3.8, 4) is 0 Å². The minimum Gasteiger partial charge on any atom is -0.380 e. The van der Waals surface area contributed by atoms with E-state index >= 15 is 0 Å². The highest BCUT2D eigenvalue weighted by molar-refractivity contribution is 6.17. The molecule has 1 aliphatic rings. The van der Waals surface area contributed by atoms with Crippen molar-refractivity contribution in [1.82, 2.24) is 5.32 Å². The first kappa shape index (κ1) is 13.7. The Labute approximate surface area is 102 Å². The van der Waals surface area contributed by atoms with Gasteiger partial charge in [0.15, 0.2) is 0 Å². The zero-order valence-electron chi connectivity index (χ0n) is 9.71. The summed E-state index contributed by atoms with van der Waals surface area (Å²) >= 11 is 5.46. The Balaban J connectivity index is 1.98. The second-order valence-electron chi connectivity index (χ2n) is 4.02. The van der Waals surface area contributed by atoms with Gasteiger partial charge in [0.1, 0.15) is 0 Å². The van der Waals surface area contributed by atoms with Gasteiger partial charge in [-0.05, 0) is 19.8 Å². The van der Waals surface area contributed by atoms with Gasteiger partial charge in [-0.15, -0.1) is 11.6 Å². The van der Waals surface area contributed by atoms with Crippen LogP contribution in [0.5, 0.6) is 0 Å². The topological polar surface area (TPSA) is 47.6 Å². The average Bonchev–Trinajstić information content (AvgIpc) is 2.70. The third-order valence-electron chi connectivity index (χ3n) is 2.56. The molecule has 1 amide bonds. The maximum absolute atomic E-state index is 11.6. The molecule has 0 bridgehead atoms. The summed E-state index contributed by atoms with van der Waals surface area (Å²) in [5, 5.41) is 2.89. The molecule has 94 valence electrons. The van der Waals surface area contributed by atoms with Gasteiger partial charge in [0, 0.05) is 19.0 Å². The van der Waals surface area contributed by atoms with Crippen LogP contribution in [-0.2, 0) is 14.3 Å². The lowest BCUT2D eigenvalue weighted by atomic mass is 10.1. The SMILES string of the molecule is CC1CC(C(=O)NCCCOCCCl)CO1. The zero-order valence-corrected chi connectivity index (χ0v) is 10.5. The molecule has 0 aromatic rings. The molecule has 0 spiro atoms. The van der Waals surface area contributed by atoms with Gasteiger partial charge < -0.3 is 14.8 Å². The third kappa shape index (κ3) is 5.14. The highest BCUT2D eigenvalue weighted by atomic mass is 35.5. The van der Waals surface area contributed by atoms with E-state index in [0.717, 1.165) is 12.8 Å². The fourth-order valence-electron chi connectivity index (χ4n) is 1.69. The van der Waals surface area contributed by atoms with Crippen molar-refractivity contribution in [1.29, 1.82) is 0 Å². The molecule has 1 rings (SSSR count). The van der Waals surface area contributed by atoms with E-state index in [9.17, 15) is 4.79 Å². The summed E-state index contributed by atoms with van der Waals surface area (Å²) in [7, 11) is 0. The number of hydrogen-bond acceptors (Lipinski definition) is 3. The molecule has 5 heteroatoms. The third-order valence-corrected chi connectivity index (χ3v) is 2.71. The minimum absolute atomic E-state index is 0.0266. The summed E-state index contributed by atoms with van der Waals surface area (Å²) < 4.78 is 10.5. The highest BCUT2D eigenvalue weighted by Gasteiger charge is 2.27. The largest absolute Gasteiger partial charge is 0.380 e. The molecule has 1 aliphatic heterocycles. The first-order valence-electron chi connectivity index (χ1n) is 5.77. The molecule has 2 unspecified atom stereocenters. The first-order chi connectivity index (χ1) is 7.74. The molecule has 16 heavy (non-hydrogen) atoms. The van der Waals surface area contributed by atoms with Gasteiger partial charge in [-0.1, -0.05) is 0 Å². The number of alkyl halides is 1. The van der Waals surface area contributed by atoms with Crippen molar-refractivity contribution < 1.29 is 14.3 Å². The number of nitrogens with one attached hydrogen (secondary N) is 1. The van der Waals surface area contributed by atoms with E-state index in [1.165, 1.54) is 0 Å². The van der Waals surface area contributed by atoms with Crippen molar-refractivity contribution >= 4 is 17.5 Å². The molecule has 1 N–H and O–H groups in total. The molecule has 0 aliphatic carbocycles. The Hall–Kier alpha value is -0.320. The molecule has 0 saturated carbocycles. The van der Waals surface area contributed by atoms with Crippen molar-refractivity contribution in [3.63, 3.8) is 0 Å². The predicted molar refractivity (Wildman–Crippen MR) is 62.7 cm³/mol. The Bertz CT molecular complexity index is 213. The van der Waals surface area contributed by atoms with Crippen LogP contribution in [0.4, 0.5) is 0 Å². The number of ether oxygens (including phenoxy) is 2. The van der Waals surface area contributed by atoms with Gasteiger partial charge in [-0.3, -0.25) is 4.79 Å². The second-order valence-corrected chi connectivity index (χ2v) is 4.40. The van der Waals surface area contributed by atoms with Gasteiger partial charge in [0.05, 0.1) is 25.2 Å². The summed E-state index contributed by atoms with van der Waals surface area (Å²) in [6, 6.07) is 0. The molecule has 4 nitrogen and oxygen atoms in total. The van der Waals surface area contributed by atoms with Crippen molar-refractivity contribution in [2.75, 3.05) is 32.2 Å². The van der Waals surface area contributed by atoms with E-state index in [1.54, 1.807) is 0 Å². The number of amides is 1. The van der Waals surface area contributed by atoms with E-state index in [2.05, 4.69) is 5.32 Å². The van der Waals surface area contributed by atoms with Crippen LogP contribution in [0.2, 0.25) is 0 Å². The van der Waals surface area contributed by atoms with Crippen LogP contribution >= 0.6 is 11.6 Å². The van der Waals surface area contributed by atoms with Crippen LogP contribution in [0, 0.1) is 5.92 Å². The van der Waals surface area contributed by atoms with E-state index in [4.69, 9.17) is 21.1 Å². The van der Waals surface area contributed by atoms with Crippen molar-refractivity contribution in [2.24, 2.45) is 5.92 Å². The average molecular weight is 250 g/mol. The van der Waals surface area contributed by atoms with Crippen LogP contribution in [0.15, 0.2) is 0 Å². The summed E-state index contributed by atoms with van der Waals surface area (Å²) in [5.74, 6) is 0.643. The molecule has 0 radical (unpaired) electrons. The quantitative estimate of drug-likeness (QED) is 0.544. The van der Waals surface area contributed by atoms with E-state index in [0.29, 0.717) is 32.2 Å². The van der Waals surface area contributed by atoms with Crippen LogP contribution in [-0.4, -0.2) is 44.3 Å². The lowest BCUT2D eigenvalue weighted by Crippen LogP contribution is -2.32. The van der Waals surface area contributed by atoms with Gasteiger partial charge in [0.2, 0.25) is 5.91 Å². The smallest absolute Gasteiger partial charge is 0.225 e. The Morgan fingerprint density at radius 2 is 2.38 bits per heavy atom. The van der Waals surface area contributed by atoms with Crippen LogP contribution < -0.4 is 5.32 Å². The van der Waals surface area contributed by atoms with Crippen molar-refractivity contribution in [3.05, 3.63) is 0 Å². The number of rotatable bonds is 7. The highest BCUT2D eigenvalue weighted by Crippen LogP contribution is 2.18. The summed E-state index contributed by atoms with van der Waals surface area (Å²) in [5.41, 5.74) is 0. The van der Waals surface area contributed by atoms with Gasteiger partial charge in [-0.2, -0.15) is 0 Å². The summed E-state index contributed by atoms with van der Waals surface area (Å²) in [6.07, 6.45) is 1.86. The van der Waals surface area contributed by atoms with Crippen LogP contribution in [0.1, 0.15) is 19.8 Å². The normalized spacial score (nSPS) is 24.6. The monoisotopic (exact) mass is 249 g/mol. The zero-order chi connectivity index (χ0) is 11.8. The van der Waals surface area contributed by atoms with Crippen LogP contribution in [0.25, 0.3) is 0 Å². The van der Waals surface area contributed by atoms with Gasteiger partial charge in [-0.25, -0.2) is 0 Å². The summed E-state index contributed by atoms with van der Waals surface area (Å²) in [6.45, 7) is 4.42. The molecule has 1 fully saturated rings. The van der Waals surface area contributed by atoms with E-state index in [1.807, 2.05) is 6.92 Å².